The predicted octanol–water partition coefficient (Wildman–Crippen LogP) is 3.85. The molecule has 3 heterocycles. The van der Waals surface area contributed by atoms with Gasteiger partial charge in [-0.1, -0.05) is 61.5 Å². The van der Waals surface area contributed by atoms with Crippen molar-refractivity contribution >= 4 is 26.7 Å². The molecule has 2 atom stereocenters. The van der Waals surface area contributed by atoms with E-state index in [1.54, 1.807) is 29.1 Å². The van der Waals surface area contributed by atoms with E-state index < -0.39 is 22.0 Å². The number of nitrogens with one attached hydrogen (secondary N) is 1. The molecule has 10 nitrogen and oxygen atoms in total. The summed E-state index contributed by atoms with van der Waals surface area (Å²) in [6.45, 7) is 7.68. The van der Waals surface area contributed by atoms with Crippen LogP contribution >= 0.6 is 0 Å². The van der Waals surface area contributed by atoms with Crippen LogP contribution in [0.1, 0.15) is 43.1 Å². The van der Waals surface area contributed by atoms with E-state index in [4.69, 9.17) is 4.74 Å². The van der Waals surface area contributed by atoms with E-state index in [9.17, 15) is 13.2 Å². The maximum Gasteiger partial charge on any atom is 0.264 e. The van der Waals surface area contributed by atoms with Crippen LogP contribution in [0.4, 0.5) is 0 Å². The molecule has 0 saturated carbocycles. The highest BCUT2D eigenvalue weighted by molar-refractivity contribution is 7.89. The number of hydrogen-bond donors (Lipinski definition) is 1. The number of carbonyl (C=O) groups excluding carboxylic acids is 1. The fourth-order valence-electron chi connectivity index (χ4n) is 5.64. The van der Waals surface area contributed by atoms with Gasteiger partial charge in [-0.25, -0.2) is 13.1 Å². The Morgan fingerprint density at radius 1 is 1.05 bits per heavy atom. The molecule has 0 saturated heterocycles. The van der Waals surface area contributed by atoms with Gasteiger partial charge in [-0.2, -0.15) is 0 Å². The number of ether oxygens (including phenoxy) is 1. The molecule has 2 aliphatic heterocycles. The third-order valence-electron chi connectivity index (χ3n) is 8.02. The van der Waals surface area contributed by atoms with Gasteiger partial charge in [-0.15, -0.1) is 5.10 Å². The van der Waals surface area contributed by atoms with Crippen LogP contribution in [-0.4, -0.2) is 64.3 Å². The molecular formula is C31H34N6O4S. The first kappa shape index (κ1) is 27.9. The lowest BCUT2D eigenvalue weighted by molar-refractivity contribution is -0.124. The summed E-state index contributed by atoms with van der Waals surface area (Å²) in [6.07, 6.45) is 5.34. The zero-order valence-corrected chi connectivity index (χ0v) is 24.5. The maximum absolute atomic E-state index is 13.7. The Balaban J connectivity index is 1.24. The van der Waals surface area contributed by atoms with Crippen LogP contribution < -0.4 is 10.1 Å². The average molecular weight is 587 g/mol. The molecule has 0 bridgehead atoms. The molecule has 0 spiro atoms. The lowest BCUT2D eigenvalue weighted by atomic mass is 9.98. The number of hydrogen-bond acceptors (Lipinski definition) is 7. The van der Waals surface area contributed by atoms with Crippen LogP contribution in [0.3, 0.4) is 0 Å². The summed E-state index contributed by atoms with van der Waals surface area (Å²) >= 11 is 0. The van der Waals surface area contributed by atoms with Gasteiger partial charge in [-0.3, -0.25) is 14.0 Å². The predicted molar refractivity (Wildman–Crippen MR) is 159 cm³/mol. The number of carbonyl (C=O) groups is 1. The van der Waals surface area contributed by atoms with E-state index in [2.05, 4.69) is 52.6 Å². The van der Waals surface area contributed by atoms with Crippen LogP contribution in [0.25, 0.3) is 10.8 Å². The van der Waals surface area contributed by atoms with E-state index >= 15 is 0 Å². The zero-order valence-electron chi connectivity index (χ0n) is 23.7. The molecular weight excluding hydrogens is 552 g/mol. The minimum atomic E-state index is -4.02. The number of aromatic nitrogens is 3. The second kappa shape index (κ2) is 11.6. The highest BCUT2D eigenvalue weighted by Gasteiger charge is 2.36. The number of sulfonamides is 1. The summed E-state index contributed by atoms with van der Waals surface area (Å²) in [4.78, 5) is 15.5. The van der Waals surface area contributed by atoms with E-state index in [0.717, 1.165) is 52.4 Å². The van der Waals surface area contributed by atoms with Crippen molar-refractivity contribution in [1.82, 2.24) is 29.5 Å². The first-order chi connectivity index (χ1) is 20.4. The maximum atomic E-state index is 13.7. The van der Waals surface area contributed by atoms with Crippen molar-refractivity contribution in [2.24, 2.45) is 0 Å². The summed E-state index contributed by atoms with van der Waals surface area (Å²) in [5, 5.41) is 13.1. The van der Waals surface area contributed by atoms with Gasteiger partial charge in [0.25, 0.3) is 10.0 Å². The number of amides is 1. The lowest BCUT2D eigenvalue weighted by Crippen LogP contribution is -2.50. The third-order valence-corrected chi connectivity index (χ3v) is 9.80. The molecule has 0 radical (unpaired) electrons. The topological polar surface area (TPSA) is 110 Å². The largest absolute Gasteiger partial charge is 0.493 e. The zero-order chi connectivity index (χ0) is 29.3. The fourth-order valence-corrected chi connectivity index (χ4v) is 7.13. The molecule has 3 aromatic carbocycles. The Morgan fingerprint density at radius 3 is 2.67 bits per heavy atom. The smallest absolute Gasteiger partial charge is 0.264 e. The summed E-state index contributed by atoms with van der Waals surface area (Å²) in [5.41, 5.74) is 2.75. The Hall–Kier alpha value is -4.22. The van der Waals surface area contributed by atoms with Gasteiger partial charge in [0.05, 0.1) is 23.2 Å². The number of rotatable bonds is 9. The summed E-state index contributed by atoms with van der Waals surface area (Å²) in [7, 11) is -4.02. The first-order valence-electron chi connectivity index (χ1n) is 14.3. The second-order valence-corrected chi connectivity index (χ2v) is 12.4. The van der Waals surface area contributed by atoms with E-state index in [0.29, 0.717) is 12.3 Å². The van der Waals surface area contributed by atoms with Crippen molar-refractivity contribution in [3.05, 3.63) is 96.1 Å². The van der Waals surface area contributed by atoms with Crippen LogP contribution in [0, 0.1) is 0 Å². The van der Waals surface area contributed by atoms with Crippen LogP contribution in [-0.2, 0) is 27.8 Å². The second-order valence-electron chi connectivity index (χ2n) is 10.6. The van der Waals surface area contributed by atoms with Crippen molar-refractivity contribution in [2.45, 2.75) is 50.2 Å². The number of benzene rings is 3. The standard InChI is InChI=1S/C31H34N6O4S/c1-3-35(4-2)20-22-9-12-27-28(13-16-41-30(27)17-22)36-21-25(33-34-36)19-29-31(38)32-14-15-37(29)42(39,40)26-11-10-23-7-5-6-8-24(23)18-26/h5-12,14-15,17-18,21,28-29H,3-4,13,16,19-20H2,1-2H3,(H,32,38). The number of nitrogens with zero attached hydrogens (tertiary/aromatic N) is 5. The number of fused-ring (bicyclic) bond motifs is 2. The SMILES string of the molecule is CCN(CC)Cc1ccc2c(c1)OCCC2n1cc(CC2C(=O)NC=CN2S(=O)(=O)c2ccc3ccccc3c2)nn1. The first-order valence-corrected chi connectivity index (χ1v) is 15.7. The average Bonchev–Trinajstić information content (AvgIpc) is 3.48. The quantitative estimate of drug-likeness (QED) is 0.317. The van der Waals surface area contributed by atoms with Gasteiger partial charge in [0.1, 0.15) is 11.8 Å². The lowest BCUT2D eigenvalue weighted by Gasteiger charge is -2.31. The molecule has 11 heteroatoms. The molecule has 0 fully saturated rings. The van der Waals surface area contributed by atoms with E-state index in [1.807, 2.05) is 24.3 Å². The fraction of sp³-hybridized carbons (Fsp3) is 0.323. The van der Waals surface area contributed by atoms with Crippen molar-refractivity contribution in [2.75, 3.05) is 19.7 Å². The van der Waals surface area contributed by atoms with Crippen LogP contribution in [0.5, 0.6) is 5.75 Å². The van der Waals surface area contributed by atoms with E-state index in [1.165, 1.54) is 18.0 Å². The monoisotopic (exact) mass is 586 g/mol. The molecule has 1 aromatic heterocycles. The molecule has 42 heavy (non-hydrogen) atoms. The Bertz CT molecular complexity index is 1750. The Morgan fingerprint density at radius 2 is 1.86 bits per heavy atom. The van der Waals surface area contributed by atoms with E-state index in [-0.39, 0.29) is 17.4 Å². The molecule has 1 N–H and O–H groups in total. The summed E-state index contributed by atoms with van der Waals surface area (Å²) in [5.74, 6) is 0.422. The molecule has 218 valence electrons. The minimum Gasteiger partial charge on any atom is -0.493 e. The van der Waals surface area contributed by atoms with Crippen molar-refractivity contribution in [1.29, 1.82) is 0 Å². The molecule has 4 aromatic rings. The minimum absolute atomic E-state index is 0.0713. The van der Waals surface area contributed by atoms with Gasteiger partial charge < -0.3 is 10.1 Å². The molecule has 2 unspecified atom stereocenters. The molecule has 0 aliphatic carbocycles. The van der Waals surface area contributed by atoms with Crippen molar-refractivity contribution in [3.8, 4) is 5.75 Å². The van der Waals surface area contributed by atoms with Gasteiger partial charge in [0.2, 0.25) is 5.91 Å². The third kappa shape index (κ3) is 5.37. The van der Waals surface area contributed by atoms with Crippen LogP contribution in [0.15, 0.2) is 84.2 Å². The summed E-state index contributed by atoms with van der Waals surface area (Å²) < 4.78 is 36.4. The molecule has 2 aliphatic rings. The van der Waals surface area contributed by atoms with Crippen LogP contribution in [0.2, 0.25) is 0 Å². The van der Waals surface area contributed by atoms with Crippen molar-refractivity contribution < 1.29 is 17.9 Å². The summed E-state index contributed by atoms with van der Waals surface area (Å²) in [6, 6.07) is 17.8. The van der Waals surface area contributed by atoms with Crippen molar-refractivity contribution in [3.63, 3.8) is 0 Å². The molecule has 1 amide bonds. The highest BCUT2D eigenvalue weighted by atomic mass is 32.2. The Labute approximate surface area is 245 Å². The van der Waals surface area contributed by atoms with Gasteiger partial charge in [-0.05, 0) is 47.6 Å². The van der Waals surface area contributed by atoms with Gasteiger partial charge in [0.15, 0.2) is 0 Å². The normalized spacial score (nSPS) is 18.6. The van der Waals surface area contributed by atoms with Gasteiger partial charge >= 0.3 is 0 Å². The molecule has 6 rings (SSSR count). The van der Waals surface area contributed by atoms with Gasteiger partial charge in [0, 0.05) is 43.5 Å². The highest BCUT2D eigenvalue weighted by Crippen LogP contribution is 2.35. The Kier molecular flexibility index (Phi) is 7.70.